The fourth-order valence-electron chi connectivity index (χ4n) is 5.10. The molecule has 0 saturated heterocycles. The van der Waals surface area contributed by atoms with Crippen molar-refractivity contribution in [2.24, 2.45) is 0 Å². The van der Waals surface area contributed by atoms with Gasteiger partial charge in [-0.15, -0.1) is 0 Å². The van der Waals surface area contributed by atoms with Crippen molar-refractivity contribution in [3.05, 3.63) is 124 Å². The molecular formula is C38H47NO4. The van der Waals surface area contributed by atoms with Crippen molar-refractivity contribution in [3.63, 3.8) is 0 Å². The number of hydrogen-bond donors (Lipinski definition) is 1. The molecule has 228 valence electrons. The van der Waals surface area contributed by atoms with Crippen molar-refractivity contribution in [2.75, 3.05) is 13.1 Å². The molecule has 1 aliphatic carbocycles. The van der Waals surface area contributed by atoms with E-state index in [1.54, 1.807) is 0 Å². The SMILES string of the molecule is CC.O=Cc1ccc(CN(CCCCC(=O)O)CCc2ccccc2OCc2ccc(CCC3=CC=CCC3)cc2)cc1. The summed E-state index contributed by atoms with van der Waals surface area (Å²) in [4.78, 5) is 24.3. The van der Waals surface area contributed by atoms with E-state index in [-0.39, 0.29) is 6.42 Å². The largest absolute Gasteiger partial charge is 0.489 e. The molecule has 0 saturated carbocycles. The Morgan fingerprint density at radius 1 is 0.860 bits per heavy atom. The Morgan fingerprint density at radius 3 is 2.28 bits per heavy atom. The van der Waals surface area contributed by atoms with Gasteiger partial charge in [0.15, 0.2) is 0 Å². The third kappa shape index (κ3) is 12.4. The molecule has 4 rings (SSSR count). The molecule has 3 aromatic rings. The van der Waals surface area contributed by atoms with Crippen molar-refractivity contribution >= 4 is 12.3 Å². The van der Waals surface area contributed by atoms with Crippen molar-refractivity contribution in [3.8, 4) is 5.75 Å². The predicted octanol–water partition coefficient (Wildman–Crippen LogP) is 8.61. The summed E-state index contributed by atoms with van der Waals surface area (Å²) < 4.78 is 6.29. The van der Waals surface area contributed by atoms with Gasteiger partial charge < -0.3 is 9.84 Å². The van der Waals surface area contributed by atoms with Gasteiger partial charge in [-0.25, -0.2) is 0 Å². The predicted molar refractivity (Wildman–Crippen MR) is 176 cm³/mol. The fourth-order valence-corrected chi connectivity index (χ4v) is 5.10. The Labute approximate surface area is 257 Å². The van der Waals surface area contributed by atoms with Gasteiger partial charge in [0.1, 0.15) is 18.6 Å². The normalized spacial score (nSPS) is 12.3. The first-order chi connectivity index (χ1) is 21.1. The maximum Gasteiger partial charge on any atom is 0.303 e. The third-order valence-electron chi connectivity index (χ3n) is 7.56. The second kappa shape index (κ2) is 19.3. The van der Waals surface area contributed by atoms with Crippen LogP contribution in [0, 0.1) is 0 Å². The zero-order valence-corrected chi connectivity index (χ0v) is 25.8. The van der Waals surface area contributed by atoms with Crippen LogP contribution in [0.4, 0.5) is 0 Å². The first kappa shape index (κ1) is 33.5. The second-order valence-electron chi connectivity index (χ2n) is 10.7. The summed E-state index contributed by atoms with van der Waals surface area (Å²) in [5.41, 5.74) is 7.00. The maximum absolute atomic E-state index is 11.0. The first-order valence-corrected chi connectivity index (χ1v) is 15.7. The van der Waals surface area contributed by atoms with E-state index in [1.165, 1.54) is 17.6 Å². The van der Waals surface area contributed by atoms with Crippen molar-refractivity contribution in [1.29, 1.82) is 0 Å². The van der Waals surface area contributed by atoms with Crippen LogP contribution in [0.5, 0.6) is 5.75 Å². The molecule has 3 aromatic carbocycles. The quantitative estimate of drug-likeness (QED) is 0.128. The maximum atomic E-state index is 11.0. The van der Waals surface area contributed by atoms with Crippen LogP contribution < -0.4 is 4.74 Å². The number of aldehydes is 1. The van der Waals surface area contributed by atoms with Crippen LogP contribution in [0.1, 0.15) is 85.0 Å². The molecule has 0 atom stereocenters. The summed E-state index contributed by atoms with van der Waals surface area (Å²) in [5, 5.41) is 9.01. The van der Waals surface area contributed by atoms with Crippen LogP contribution in [0.15, 0.2) is 96.6 Å². The Kier molecular flexibility index (Phi) is 15.0. The second-order valence-corrected chi connectivity index (χ2v) is 10.7. The van der Waals surface area contributed by atoms with Crippen LogP contribution in [0.2, 0.25) is 0 Å². The highest BCUT2D eigenvalue weighted by Crippen LogP contribution is 2.22. The van der Waals surface area contributed by atoms with E-state index in [0.29, 0.717) is 18.6 Å². The summed E-state index contributed by atoms with van der Waals surface area (Å²) in [6.07, 6.45) is 14.5. The number of rotatable bonds is 17. The molecule has 43 heavy (non-hydrogen) atoms. The van der Waals surface area contributed by atoms with Crippen LogP contribution in [0.3, 0.4) is 0 Å². The van der Waals surface area contributed by atoms with Gasteiger partial charge in [0.2, 0.25) is 0 Å². The van der Waals surface area contributed by atoms with Gasteiger partial charge in [-0.2, -0.15) is 0 Å². The van der Waals surface area contributed by atoms with Crippen molar-refractivity contribution < 1.29 is 19.4 Å². The average molecular weight is 582 g/mol. The lowest BCUT2D eigenvalue weighted by Crippen LogP contribution is -2.27. The minimum atomic E-state index is -0.753. The number of aryl methyl sites for hydroxylation is 1. The Hall–Kier alpha value is -3.96. The van der Waals surface area contributed by atoms with Crippen molar-refractivity contribution in [1.82, 2.24) is 4.90 Å². The zero-order valence-electron chi connectivity index (χ0n) is 25.8. The molecule has 5 heteroatoms. The highest BCUT2D eigenvalue weighted by Gasteiger charge is 2.11. The number of para-hydroxylation sites is 1. The summed E-state index contributed by atoms with van der Waals surface area (Å²) in [6, 6.07) is 24.6. The van der Waals surface area contributed by atoms with Gasteiger partial charge in [-0.3, -0.25) is 14.5 Å². The Bertz CT molecular complexity index is 1310. The van der Waals surface area contributed by atoms with E-state index in [0.717, 1.165) is 80.5 Å². The molecular weight excluding hydrogens is 534 g/mol. The van der Waals surface area contributed by atoms with Gasteiger partial charge in [0, 0.05) is 25.1 Å². The number of aliphatic carboxylic acids is 1. The highest BCUT2D eigenvalue weighted by atomic mass is 16.5. The Balaban J connectivity index is 0.00000248. The number of carboxylic acids is 1. The monoisotopic (exact) mass is 581 g/mol. The molecule has 0 amide bonds. The Morgan fingerprint density at radius 2 is 1.58 bits per heavy atom. The third-order valence-corrected chi connectivity index (χ3v) is 7.56. The summed E-state index contributed by atoms with van der Waals surface area (Å²) >= 11 is 0. The number of ether oxygens (including phenoxy) is 1. The minimum absolute atomic E-state index is 0.190. The highest BCUT2D eigenvalue weighted by molar-refractivity contribution is 5.74. The van der Waals surface area contributed by atoms with Gasteiger partial charge in [-0.1, -0.05) is 104 Å². The van der Waals surface area contributed by atoms with E-state index in [1.807, 2.05) is 56.3 Å². The molecule has 0 heterocycles. The molecule has 0 aromatic heterocycles. The van der Waals surface area contributed by atoms with Crippen LogP contribution >= 0.6 is 0 Å². The molecule has 0 fully saturated rings. The molecule has 0 radical (unpaired) electrons. The number of benzene rings is 3. The van der Waals surface area contributed by atoms with Crippen LogP contribution in [-0.2, 0) is 30.8 Å². The number of nitrogens with zero attached hydrogens (tertiary/aromatic N) is 1. The smallest absolute Gasteiger partial charge is 0.303 e. The lowest BCUT2D eigenvalue weighted by atomic mass is 9.97. The average Bonchev–Trinajstić information content (AvgIpc) is 3.06. The lowest BCUT2D eigenvalue weighted by Gasteiger charge is -2.23. The van der Waals surface area contributed by atoms with E-state index in [4.69, 9.17) is 9.84 Å². The summed E-state index contributed by atoms with van der Waals surface area (Å²) in [5.74, 6) is 0.145. The number of allylic oxidation sites excluding steroid dienone is 4. The first-order valence-electron chi connectivity index (χ1n) is 15.7. The lowest BCUT2D eigenvalue weighted by molar-refractivity contribution is -0.137. The standard InChI is InChI=1S/C36H41NO4.C2H6/c38-27-32-19-17-31(18-20-32)26-37(24-7-6-12-36(39)40)25-23-34-10-4-5-11-35(34)41-28-33-21-15-30(16-22-33)14-13-29-8-2-1-3-9-29;1-2/h1-2,4-5,8,10-11,15-22,27H,3,6-7,9,12-14,23-26,28H2,(H,39,40);1-2H3. The number of carboxylic acid groups (broad SMARTS) is 1. The van der Waals surface area contributed by atoms with Crippen LogP contribution in [-0.4, -0.2) is 35.4 Å². The summed E-state index contributed by atoms with van der Waals surface area (Å²) in [7, 11) is 0. The summed E-state index contributed by atoms with van der Waals surface area (Å²) in [6.45, 7) is 6.90. The molecule has 0 bridgehead atoms. The zero-order chi connectivity index (χ0) is 30.7. The molecule has 5 nitrogen and oxygen atoms in total. The number of carbonyl (C=O) groups excluding carboxylic acids is 1. The number of carbonyl (C=O) groups is 2. The van der Waals surface area contributed by atoms with E-state index < -0.39 is 5.97 Å². The molecule has 0 aliphatic heterocycles. The molecule has 0 spiro atoms. The van der Waals surface area contributed by atoms with E-state index >= 15 is 0 Å². The molecule has 1 N–H and O–H groups in total. The number of unbranched alkanes of at least 4 members (excludes halogenated alkanes) is 1. The molecule has 1 aliphatic rings. The van der Waals surface area contributed by atoms with E-state index in [2.05, 4.69) is 53.5 Å². The fraction of sp³-hybridized carbons (Fsp3) is 0.368. The van der Waals surface area contributed by atoms with Crippen molar-refractivity contribution in [2.45, 2.75) is 78.4 Å². The van der Waals surface area contributed by atoms with Gasteiger partial charge in [0.25, 0.3) is 0 Å². The number of hydrogen-bond acceptors (Lipinski definition) is 4. The minimum Gasteiger partial charge on any atom is -0.489 e. The van der Waals surface area contributed by atoms with Gasteiger partial charge in [-0.05, 0) is 79.8 Å². The topological polar surface area (TPSA) is 66.8 Å². The van der Waals surface area contributed by atoms with Gasteiger partial charge >= 0.3 is 5.97 Å². The molecule has 0 unspecified atom stereocenters. The van der Waals surface area contributed by atoms with E-state index in [9.17, 15) is 9.59 Å². The van der Waals surface area contributed by atoms with Crippen LogP contribution in [0.25, 0.3) is 0 Å². The van der Waals surface area contributed by atoms with Gasteiger partial charge in [0.05, 0.1) is 0 Å².